The lowest BCUT2D eigenvalue weighted by Gasteiger charge is -2.09. The monoisotopic (exact) mass is 362 g/mol. The summed E-state index contributed by atoms with van der Waals surface area (Å²) in [5.41, 5.74) is 0. The van der Waals surface area contributed by atoms with Gasteiger partial charge in [0.2, 0.25) is 0 Å². The van der Waals surface area contributed by atoms with Crippen molar-refractivity contribution in [2.75, 3.05) is 12.5 Å². The van der Waals surface area contributed by atoms with Crippen molar-refractivity contribution in [2.24, 2.45) is 0 Å². The highest BCUT2D eigenvalue weighted by Crippen LogP contribution is 2.28. The third-order valence-electron chi connectivity index (χ3n) is 3.12. The first-order valence-electron chi connectivity index (χ1n) is 7.31. The summed E-state index contributed by atoms with van der Waals surface area (Å²) in [5.74, 6) is 0.116. The Balaban J connectivity index is 1.86. The number of thioether (sulfide) groups is 2. The summed E-state index contributed by atoms with van der Waals surface area (Å²) in [5, 5.41) is 0. The number of benzene rings is 2. The Morgan fingerprint density at radius 3 is 1.50 bits per heavy atom. The fourth-order valence-corrected chi connectivity index (χ4v) is 3.01. The Morgan fingerprint density at radius 2 is 1.12 bits per heavy atom. The molecule has 0 aliphatic rings. The van der Waals surface area contributed by atoms with Crippen LogP contribution in [0.15, 0.2) is 58.3 Å². The molecule has 0 saturated carbocycles. The second kappa shape index (κ2) is 9.39. The molecule has 2 rings (SSSR count). The van der Waals surface area contributed by atoms with Crippen LogP contribution in [-0.4, -0.2) is 24.5 Å². The van der Waals surface area contributed by atoms with E-state index >= 15 is 0 Å². The molecule has 24 heavy (non-hydrogen) atoms. The molecule has 126 valence electrons. The maximum absolute atomic E-state index is 11.9. The predicted octanol–water partition coefficient (Wildman–Crippen LogP) is 4.42. The minimum Gasteiger partial charge on any atom is -0.425 e. The summed E-state index contributed by atoms with van der Waals surface area (Å²) in [7, 11) is 0. The molecule has 0 aliphatic carbocycles. The van der Waals surface area contributed by atoms with Crippen molar-refractivity contribution in [3.63, 3.8) is 0 Å². The molecule has 0 heterocycles. The van der Waals surface area contributed by atoms with Crippen LogP contribution in [0.5, 0.6) is 11.5 Å². The summed E-state index contributed by atoms with van der Waals surface area (Å²) >= 11 is 2.99. The third kappa shape index (κ3) is 5.32. The van der Waals surface area contributed by atoms with Gasteiger partial charge in [0, 0.05) is 9.79 Å². The normalized spacial score (nSPS) is 10.2. The Labute approximate surface area is 149 Å². The topological polar surface area (TPSA) is 52.6 Å². The summed E-state index contributed by atoms with van der Waals surface area (Å²) in [6.07, 6.45) is 3.77. The summed E-state index contributed by atoms with van der Waals surface area (Å²) in [4.78, 5) is 25.6. The van der Waals surface area contributed by atoms with Crippen LogP contribution in [0.3, 0.4) is 0 Å². The van der Waals surface area contributed by atoms with Crippen molar-refractivity contribution in [1.82, 2.24) is 0 Å². The van der Waals surface area contributed by atoms with E-state index in [0.717, 1.165) is 9.79 Å². The minimum atomic E-state index is -0.452. The van der Waals surface area contributed by atoms with Crippen molar-refractivity contribution in [1.29, 1.82) is 0 Å². The number of ether oxygens (including phenoxy) is 2. The number of carbonyl (C=O) groups is 2. The van der Waals surface area contributed by atoms with Crippen LogP contribution in [-0.2, 0) is 9.59 Å². The first-order chi connectivity index (χ1) is 11.6. The van der Waals surface area contributed by atoms with E-state index in [-0.39, 0.29) is 12.8 Å². The van der Waals surface area contributed by atoms with Crippen molar-refractivity contribution < 1.29 is 19.1 Å². The highest BCUT2D eigenvalue weighted by Gasteiger charge is 2.13. The number of carbonyl (C=O) groups excluding carboxylic acids is 2. The number of rotatable bonds is 7. The predicted molar refractivity (Wildman–Crippen MR) is 97.0 cm³/mol. The largest absolute Gasteiger partial charge is 0.425 e. The molecule has 0 bridgehead atoms. The zero-order valence-electron chi connectivity index (χ0n) is 13.5. The Hall–Kier alpha value is -1.92. The van der Waals surface area contributed by atoms with Crippen molar-refractivity contribution >= 4 is 35.5 Å². The number of para-hydroxylation sites is 2. The van der Waals surface area contributed by atoms with Crippen LogP contribution in [0, 0.1) is 0 Å². The van der Waals surface area contributed by atoms with Gasteiger partial charge in [0.25, 0.3) is 0 Å². The first-order valence-corrected chi connectivity index (χ1v) is 9.76. The average molecular weight is 362 g/mol. The van der Waals surface area contributed by atoms with Crippen LogP contribution >= 0.6 is 23.5 Å². The van der Waals surface area contributed by atoms with Crippen molar-refractivity contribution in [2.45, 2.75) is 22.6 Å². The fraction of sp³-hybridized carbons (Fsp3) is 0.222. The summed E-state index contributed by atoms with van der Waals surface area (Å²) in [6.45, 7) is 0. The lowest BCUT2D eigenvalue weighted by atomic mass is 10.3. The van der Waals surface area contributed by atoms with Gasteiger partial charge < -0.3 is 9.47 Å². The van der Waals surface area contributed by atoms with Gasteiger partial charge in [0.05, 0.1) is 12.8 Å². The molecular formula is C18H18O4S2. The SMILES string of the molecule is CSc1ccccc1OC(=O)CCC(=O)Oc1ccccc1SC. The molecule has 6 heteroatoms. The Bertz CT molecular complexity index is 654. The molecule has 0 spiro atoms. The molecule has 0 amide bonds. The van der Waals surface area contributed by atoms with E-state index < -0.39 is 11.9 Å². The van der Waals surface area contributed by atoms with E-state index in [2.05, 4.69) is 0 Å². The fourth-order valence-electron chi connectivity index (χ4n) is 1.96. The molecule has 2 aromatic carbocycles. The van der Waals surface area contributed by atoms with E-state index in [1.165, 1.54) is 23.5 Å². The van der Waals surface area contributed by atoms with Gasteiger partial charge in [-0.25, -0.2) is 0 Å². The van der Waals surface area contributed by atoms with E-state index in [9.17, 15) is 9.59 Å². The summed E-state index contributed by atoms with van der Waals surface area (Å²) < 4.78 is 10.6. The van der Waals surface area contributed by atoms with Crippen LogP contribution in [0.4, 0.5) is 0 Å². The quantitative estimate of drug-likeness (QED) is 0.413. The molecule has 0 unspecified atom stereocenters. The molecule has 2 aromatic rings. The number of esters is 2. The van der Waals surface area contributed by atoms with Crippen molar-refractivity contribution in [3.05, 3.63) is 48.5 Å². The molecule has 0 aromatic heterocycles. The third-order valence-corrected chi connectivity index (χ3v) is 4.67. The lowest BCUT2D eigenvalue weighted by molar-refractivity contribution is -0.140. The molecule has 0 radical (unpaired) electrons. The highest BCUT2D eigenvalue weighted by atomic mass is 32.2. The zero-order valence-corrected chi connectivity index (χ0v) is 15.1. The Morgan fingerprint density at radius 1 is 0.750 bits per heavy atom. The molecule has 0 saturated heterocycles. The van der Waals surface area contributed by atoms with Crippen LogP contribution < -0.4 is 9.47 Å². The second-order valence-electron chi connectivity index (χ2n) is 4.75. The van der Waals surface area contributed by atoms with Gasteiger partial charge in [-0.1, -0.05) is 24.3 Å². The first kappa shape index (κ1) is 18.4. The van der Waals surface area contributed by atoms with E-state index in [1.807, 2.05) is 36.8 Å². The second-order valence-corrected chi connectivity index (χ2v) is 6.45. The number of hydrogen-bond acceptors (Lipinski definition) is 6. The van der Waals surface area contributed by atoms with Gasteiger partial charge in [-0.2, -0.15) is 0 Å². The Kier molecular flexibility index (Phi) is 7.21. The standard InChI is InChI=1S/C18H18O4S2/c1-23-15-9-5-3-7-13(15)21-17(19)11-12-18(20)22-14-8-4-6-10-16(14)24-2/h3-10H,11-12H2,1-2H3. The number of hydrogen-bond donors (Lipinski definition) is 0. The zero-order chi connectivity index (χ0) is 17.4. The van der Waals surface area contributed by atoms with Crippen LogP contribution in [0.1, 0.15) is 12.8 Å². The molecule has 0 atom stereocenters. The van der Waals surface area contributed by atoms with Gasteiger partial charge in [-0.15, -0.1) is 23.5 Å². The van der Waals surface area contributed by atoms with Crippen LogP contribution in [0.2, 0.25) is 0 Å². The lowest BCUT2D eigenvalue weighted by Crippen LogP contribution is -2.14. The molecule has 0 aliphatic heterocycles. The average Bonchev–Trinajstić information content (AvgIpc) is 2.61. The molecule has 4 nitrogen and oxygen atoms in total. The van der Waals surface area contributed by atoms with Gasteiger partial charge >= 0.3 is 11.9 Å². The minimum absolute atomic E-state index is 0.0248. The van der Waals surface area contributed by atoms with E-state index in [1.54, 1.807) is 24.3 Å². The van der Waals surface area contributed by atoms with Crippen molar-refractivity contribution in [3.8, 4) is 11.5 Å². The maximum Gasteiger partial charge on any atom is 0.311 e. The van der Waals surface area contributed by atoms with Gasteiger partial charge in [-0.05, 0) is 36.8 Å². The molecule has 0 fully saturated rings. The van der Waals surface area contributed by atoms with Gasteiger partial charge in [0.1, 0.15) is 11.5 Å². The van der Waals surface area contributed by atoms with Crippen LogP contribution in [0.25, 0.3) is 0 Å². The maximum atomic E-state index is 11.9. The molecule has 0 N–H and O–H groups in total. The highest BCUT2D eigenvalue weighted by molar-refractivity contribution is 7.99. The van der Waals surface area contributed by atoms with E-state index in [4.69, 9.17) is 9.47 Å². The van der Waals surface area contributed by atoms with Gasteiger partial charge in [0.15, 0.2) is 0 Å². The summed E-state index contributed by atoms with van der Waals surface area (Å²) in [6, 6.07) is 14.6. The van der Waals surface area contributed by atoms with E-state index in [0.29, 0.717) is 11.5 Å². The molecular weight excluding hydrogens is 344 g/mol. The smallest absolute Gasteiger partial charge is 0.311 e. The van der Waals surface area contributed by atoms with Gasteiger partial charge in [-0.3, -0.25) is 9.59 Å².